The lowest BCUT2D eigenvalue weighted by atomic mass is 9.82. The van der Waals surface area contributed by atoms with Crippen molar-refractivity contribution in [2.45, 2.75) is 32.8 Å². The number of hydrogen-bond acceptors (Lipinski definition) is 4. The zero-order valence-electron chi connectivity index (χ0n) is 13.1. The van der Waals surface area contributed by atoms with Crippen LogP contribution in [0.25, 0.3) is 0 Å². The van der Waals surface area contributed by atoms with Crippen LogP contribution < -0.4 is 10.1 Å². The van der Waals surface area contributed by atoms with Crippen LogP contribution in [0.2, 0.25) is 0 Å². The molecule has 118 valence electrons. The standard InChI is InChI=1S/C17H27NO3/c1-14-3-5-16(6-4-14)21-12-15(19)11-18-13-17(2)7-9-20-10-8-17/h3-6,15,18-19H,7-13H2,1-2H3. The van der Waals surface area contributed by atoms with E-state index >= 15 is 0 Å². The van der Waals surface area contributed by atoms with Crippen molar-refractivity contribution in [2.24, 2.45) is 5.41 Å². The average molecular weight is 293 g/mol. The number of nitrogens with one attached hydrogen (secondary N) is 1. The van der Waals surface area contributed by atoms with Crippen molar-refractivity contribution in [1.82, 2.24) is 5.32 Å². The molecule has 1 heterocycles. The maximum Gasteiger partial charge on any atom is 0.119 e. The van der Waals surface area contributed by atoms with E-state index in [9.17, 15) is 5.11 Å². The monoisotopic (exact) mass is 293 g/mol. The van der Waals surface area contributed by atoms with Crippen LogP contribution in [0.3, 0.4) is 0 Å². The summed E-state index contributed by atoms with van der Waals surface area (Å²) in [5.41, 5.74) is 1.49. The van der Waals surface area contributed by atoms with Gasteiger partial charge in [-0.15, -0.1) is 0 Å². The molecule has 1 unspecified atom stereocenters. The summed E-state index contributed by atoms with van der Waals surface area (Å²) >= 11 is 0. The third kappa shape index (κ3) is 5.65. The molecule has 21 heavy (non-hydrogen) atoms. The third-order valence-electron chi connectivity index (χ3n) is 4.10. The van der Waals surface area contributed by atoms with E-state index in [-0.39, 0.29) is 5.41 Å². The molecule has 2 rings (SSSR count). The molecule has 2 N–H and O–H groups in total. The largest absolute Gasteiger partial charge is 0.491 e. The van der Waals surface area contributed by atoms with E-state index in [0.717, 1.165) is 38.3 Å². The Morgan fingerprint density at radius 3 is 2.62 bits per heavy atom. The number of aliphatic hydroxyl groups is 1. The van der Waals surface area contributed by atoms with E-state index < -0.39 is 6.10 Å². The van der Waals surface area contributed by atoms with Crippen LogP contribution in [0, 0.1) is 12.3 Å². The van der Waals surface area contributed by atoms with Gasteiger partial charge in [-0.25, -0.2) is 0 Å². The number of aliphatic hydroxyl groups excluding tert-OH is 1. The zero-order chi connectivity index (χ0) is 15.1. The normalized spacial score (nSPS) is 19.2. The Hall–Kier alpha value is -1.10. The Labute approximate surface area is 127 Å². The maximum absolute atomic E-state index is 9.97. The van der Waals surface area contributed by atoms with E-state index in [1.165, 1.54) is 5.56 Å². The third-order valence-corrected chi connectivity index (χ3v) is 4.10. The Morgan fingerprint density at radius 2 is 1.95 bits per heavy atom. The van der Waals surface area contributed by atoms with Crippen molar-refractivity contribution in [1.29, 1.82) is 0 Å². The van der Waals surface area contributed by atoms with Crippen LogP contribution >= 0.6 is 0 Å². The smallest absolute Gasteiger partial charge is 0.119 e. The summed E-state index contributed by atoms with van der Waals surface area (Å²) in [5, 5.41) is 13.3. The van der Waals surface area contributed by atoms with Gasteiger partial charge in [-0.1, -0.05) is 24.6 Å². The molecule has 1 aromatic carbocycles. The van der Waals surface area contributed by atoms with Crippen molar-refractivity contribution >= 4 is 0 Å². The van der Waals surface area contributed by atoms with Crippen molar-refractivity contribution in [3.63, 3.8) is 0 Å². The molecule has 1 aromatic rings. The second kappa shape index (κ2) is 7.78. The van der Waals surface area contributed by atoms with Crippen LogP contribution in [0.1, 0.15) is 25.3 Å². The summed E-state index contributed by atoms with van der Waals surface area (Å²) in [6.45, 7) is 7.79. The minimum absolute atomic E-state index is 0.287. The van der Waals surface area contributed by atoms with Gasteiger partial charge in [0.05, 0.1) is 0 Å². The van der Waals surface area contributed by atoms with Crippen molar-refractivity contribution in [3.05, 3.63) is 29.8 Å². The molecule has 0 bridgehead atoms. The van der Waals surface area contributed by atoms with Gasteiger partial charge in [-0.2, -0.15) is 0 Å². The van der Waals surface area contributed by atoms with Gasteiger partial charge >= 0.3 is 0 Å². The first-order valence-corrected chi connectivity index (χ1v) is 7.73. The summed E-state index contributed by atoms with van der Waals surface area (Å²) in [7, 11) is 0. The minimum Gasteiger partial charge on any atom is -0.491 e. The van der Waals surface area contributed by atoms with Gasteiger partial charge < -0.3 is 19.9 Å². The first-order valence-electron chi connectivity index (χ1n) is 7.73. The number of hydrogen-bond donors (Lipinski definition) is 2. The summed E-state index contributed by atoms with van der Waals surface area (Å²) in [6.07, 6.45) is 1.67. The van der Waals surface area contributed by atoms with Crippen molar-refractivity contribution in [3.8, 4) is 5.75 Å². The second-order valence-electron chi connectivity index (χ2n) is 6.33. The second-order valence-corrected chi connectivity index (χ2v) is 6.33. The highest BCUT2D eigenvalue weighted by Gasteiger charge is 2.26. The van der Waals surface area contributed by atoms with Crippen molar-refractivity contribution in [2.75, 3.05) is 32.9 Å². The molecular formula is C17H27NO3. The number of benzene rings is 1. The van der Waals surface area contributed by atoms with E-state index in [1.807, 2.05) is 31.2 Å². The van der Waals surface area contributed by atoms with Gasteiger partial charge in [-0.05, 0) is 37.3 Å². The molecule has 1 atom stereocenters. The molecule has 1 aliphatic rings. The fraction of sp³-hybridized carbons (Fsp3) is 0.647. The lowest BCUT2D eigenvalue weighted by Crippen LogP contribution is -2.40. The number of rotatable bonds is 7. The van der Waals surface area contributed by atoms with Crippen LogP contribution in [0.5, 0.6) is 5.75 Å². The minimum atomic E-state index is -0.491. The Balaban J connectivity index is 1.63. The van der Waals surface area contributed by atoms with E-state index in [4.69, 9.17) is 9.47 Å². The Morgan fingerprint density at radius 1 is 1.29 bits per heavy atom. The molecule has 4 nitrogen and oxygen atoms in total. The molecule has 0 radical (unpaired) electrons. The molecule has 1 aliphatic heterocycles. The summed E-state index contributed by atoms with van der Waals surface area (Å²) in [4.78, 5) is 0. The summed E-state index contributed by atoms with van der Waals surface area (Å²) in [6, 6.07) is 7.87. The van der Waals surface area contributed by atoms with Gasteiger partial charge in [0.2, 0.25) is 0 Å². The topological polar surface area (TPSA) is 50.7 Å². The molecule has 0 aromatic heterocycles. The van der Waals surface area contributed by atoms with Crippen LogP contribution in [-0.2, 0) is 4.74 Å². The first-order chi connectivity index (χ1) is 10.1. The lowest BCUT2D eigenvalue weighted by Gasteiger charge is -2.34. The summed E-state index contributed by atoms with van der Waals surface area (Å²) < 4.78 is 11.0. The van der Waals surface area contributed by atoms with Crippen LogP contribution in [-0.4, -0.2) is 44.1 Å². The van der Waals surface area contributed by atoms with Crippen molar-refractivity contribution < 1.29 is 14.6 Å². The first kappa shape index (κ1) is 16.3. The quantitative estimate of drug-likeness (QED) is 0.809. The average Bonchev–Trinajstić information content (AvgIpc) is 2.47. The Bertz CT molecular complexity index is 413. The Kier molecular flexibility index (Phi) is 6.03. The predicted molar refractivity (Wildman–Crippen MR) is 83.7 cm³/mol. The molecule has 1 saturated heterocycles. The van der Waals surface area contributed by atoms with Gasteiger partial charge in [0.1, 0.15) is 18.5 Å². The predicted octanol–water partition coefficient (Wildman–Crippen LogP) is 2.14. The zero-order valence-corrected chi connectivity index (χ0v) is 13.1. The highest BCUT2D eigenvalue weighted by Crippen LogP contribution is 2.28. The van der Waals surface area contributed by atoms with Crippen LogP contribution in [0.15, 0.2) is 24.3 Å². The molecule has 1 fully saturated rings. The SMILES string of the molecule is Cc1ccc(OCC(O)CNCC2(C)CCOCC2)cc1. The molecule has 0 amide bonds. The van der Waals surface area contributed by atoms with E-state index in [1.54, 1.807) is 0 Å². The number of aryl methyl sites for hydroxylation is 1. The van der Waals surface area contributed by atoms with Gasteiger partial charge in [0.15, 0.2) is 0 Å². The lowest BCUT2D eigenvalue weighted by molar-refractivity contribution is 0.0217. The highest BCUT2D eigenvalue weighted by atomic mass is 16.5. The number of ether oxygens (including phenoxy) is 2. The molecule has 0 saturated carbocycles. The summed E-state index contributed by atoms with van der Waals surface area (Å²) in [5.74, 6) is 0.802. The van der Waals surface area contributed by atoms with E-state index in [2.05, 4.69) is 12.2 Å². The maximum atomic E-state index is 9.97. The van der Waals surface area contributed by atoms with Crippen LogP contribution in [0.4, 0.5) is 0 Å². The highest BCUT2D eigenvalue weighted by molar-refractivity contribution is 5.26. The van der Waals surface area contributed by atoms with Gasteiger partial charge in [0.25, 0.3) is 0 Å². The van der Waals surface area contributed by atoms with Gasteiger partial charge in [0, 0.05) is 26.3 Å². The van der Waals surface area contributed by atoms with Gasteiger partial charge in [-0.3, -0.25) is 0 Å². The fourth-order valence-corrected chi connectivity index (χ4v) is 2.47. The molecule has 0 aliphatic carbocycles. The molecular weight excluding hydrogens is 266 g/mol. The van der Waals surface area contributed by atoms with E-state index in [0.29, 0.717) is 13.2 Å². The fourth-order valence-electron chi connectivity index (χ4n) is 2.47. The molecule has 0 spiro atoms. The molecule has 4 heteroatoms.